The number of non-ortho nitro benzene ring substituents is 1. The summed E-state index contributed by atoms with van der Waals surface area (Å²) in [5, 5.41) is 13.9. The molecular weight excluding hydrogens is 498 g/mol. The molecular formula is C23H22ClN3O7S. The number of anilines is 2. The van der Waals surface area contributed by atoms with Crippen LogP contribution in [0.3, 0.4) is 0 Å². The standard InChI is InChI=1S/C23H22ClN3O7S/c1-15-4-8-18(9-5-15)35(31,32)26(20-12-16(24)6-10-22(20)34-3)14-23(28)25-19-13-17(27(29)30)7-11-21(19)33-2/h4-13H,14H2,1-3H3,(H,25,28). The van der Waals surface area contributed by atoms with Crippen molar-refractivity contribution in [1.29, 1.82) is 0 Å². The van der Waals surface area contributed by atoms with Gasteiger partial charge in [0.15, 0.2) is 0 Å². The van der Waals surface area contributed by atoms with Crippen LogP contribution in [0.4, 0.5) is 17.1 Å². The molecule has 0 saturated heterocycles. The number of nitro benzene ring substituents is 1. The van der Waals surface area contributed by atoms with Crippen LogP contribution >= 0.6 is 11.6 Å². The summed E-state index contributed by atoms with van der Waals surface area (Å²) in [5.41, 5.74) is 0.632. The summed E-state index contributed by atoms with van der Waals surface area (Å²) in [6.07, 6.45) is 0. The number of methoxy groups -OCH3 is 2. The Labute approximate surface area is 207 Å². The molecule has 0 aliphatic rings. The number of ether oxygens (including phenoxy) is 2. The summed E-state index contributed by atoms with van der Waals surface area (Å²) in [5.74, 6) is -0.440. The minimum atomic E-state index is -4.25. The van der Waals surface area contributed by atoms with Gasteiger partial charge in [0.25, 0.3) is 15.7 Å². The number of sulfonamides is 1. The predicted octanol–water partition coefficient (Wildman–Crippen LogP) is 4.41. The van der Waals surface area contributed by atoms with Crippen molar-refractivity contribution in [3.63, 3.8) is 0 Å². The van der Waals surface area contributed by atoms with Gasteiger partial charge in [-0.2, -0.15) is 0 Å². The van der Waals surface area contributed by atoms with Gasteiger partial charge in [0.1, 0.15) is 18.0 Å². The van der Waals surface area contributed by atoms with Crippen LogP contribution in [0.2, 0.25) is 5.02 Å². The van der Waals surface area contributed by atoms with Crippen molar-refractivity contribution >= 4 is 44.6 Å². The maximum absolute atomic E-state index is 13.6. The molecule has 0 fully saturated rings. The van der Waals surface area contributed by atoms with Crippen molar-refractivity contribution in [1.82, 2.24) is 0 Å². The maximum atomic E-state index is 13.6. The summed E-state index contributed by atoms with van der Waals surface area (Å²) in [6.45, 7) is 1.13. The highest BCUT2D eigenvalue weighted by atomic mass is 35.5. The van der Waals surface area contributed by atoms with E-state index < -0.39 is 27.4 Å². The molecule has 0 bridgehead atoms. The largest absolute Gasteiger partial charge is 0.495 e. The lowest BCUT2D eigenvalue weighted by Crippen LogP contribution is -2.38. The van der Waals surface area contributed by atoms with E-state index in [1.165, 1.54) is 56.7 Å². The minimum absolute atomic E-state index is 0.0115. The van der Waals surface area contributed by atoms with Crippen LogP contribution in [0.5, 0.6) is 11.5 Å². The van der Waals surface area contributed by atoms with Crippen LogP contribution in [-0.4, -0.2) is 40.0 Å². The summed E-state index contributed by atoms with van der Waals surface area (Å²) in [4.78, 5) is 23.5. The number of benzene rings is 3. The molecule has 10 nitrogen and oxygen atoms in total. The van der Waals surface area contributed by atoms with Gasteiger partial charge in [0.2, 0.25) is 5.91 Å². The van der Waals surface area contributed by atoms with Gasteiger partial charge in [0, 0.05) is 17.2 Å². The van der Waals surface area contributed by atoms with E-state index in [0.717, 1.165) is 15.9 Å². The number of hydrogen-bond acceptors (Lipinski definition) is 7. The fourth-order valence-corrected chi connectivity index (χ4v) is 4.81. The van der Waals surface area contributed by atoms with E-state index in [1.807, 2.05) is 6.92 Å². The molecule has 0 spiro atoms. The van der Waals surface area contributed by atoms with Crippen LogP contribution in [0, 0.1) is 17.0 Å². The molecule has 0 atom stereocenters. The Bertz CT molecular complexity index is 1360. The van der Waals surface area contributed by atoms with Gasteiger partial charge in [-0.25, -0.2) is 8.42 Å². The van der Waals surface area contributed by atoms with E-state index in [9.17, 15) is 23.3 Å². The normalized spacial score (nSPS) is 11.0. The highest BCUT2D eigenvalue weighted by Crippen LogP contribution is 2.35. The minimum Gasteiger partial charge on any atom is -0.495 e. The second kappa shape index (κ2) is 10.6. The summed E-state index contributed by atoms with van der Waals surface area (Å²) >= 11 is 6.13. The summed E-state index contributed by atoms with van der Waals surface area (Å²) in [7, 11) is -1.56. The molecule has 0 aliphatic heterocycles. The number of amides is 1. The van der Waals surface area contributed by atoms with E-state index in [0.29, 0.717) is 0 Å². The molecule has 0 aromatic heterocycles. The number of nitro groups is 1. The highest BCUT2D eigenvalue weighted by Gasteiger charge is 2.30. The molecule has 3 rings (SSSR count). The molecule has 0 aliphatic carbocycles. The average molecular weight is 520 g/mol. The van der Waals surface area contributed by atoms with E-state index in [4.69, 9.17) is 21.1 Å². The summed E-state index contributed by atoms with van der Waals surface area (Å²) < 4.78 is 38.6. The number of carbonyl (C=O) groups is 1. The lowest BCUT2D eigenvalue weighted by molar-refractivity contribution is -0.384. The second-order valence-corrected chi connectivity index (χ2v) is 9.63. The van der Waals surface area contributed by atoms with Gasteiger partial charge >= 0.3 is 0 Å². The third-order valence-corrected chi connectivity index (χ3v) is 6.98. The first kappa shape index (κ1) is 25.8. The fourth-order valence-electron chi connectivity index (χ4n) is 3.22. The van der Waals surface area contributed by atoms with Crippen LogP contribution in [-0.2, 0) is 14.8 Å². The Balaban J connectivity index is 2.05. The van der Waals surface area contributed by atoms with Crippen molar-refractivity contribution in [3.05, 3.63) is 81.4 Å². The van der Waals surface area contributed by atoms with Gasteiger partial charge in [0.05, 0.1) is 35.4 Å². The Morgan fingerprint density at radius 1 is 1.03 bits per heavy atom. The van der Waals surface area contributed by atoms with Crippen LogP contribution in [0.1, 0.15) is 5.56 Å². The number of rotatable bonds is 9. The fraction of sp³-hybridized carbons (Fsp3) is 0.174. The van der Waals surface area contributed by atoms with Crippen molar-refractivity contribution in [2.24, 2.45) is 0 Å². The Hall–Kier alpha value is -3.83. The van der Waals surface area contributed by atoms with Gasteiger partial charge in [-0.05, 0) is 43.3 Å². The van der Waals surface area contributed by atoms with Gasteiger partial charge in [-0.15, -0.1) is 0 Å². The number of halogens is 1. The summed E-state index contributed by atoms with van der Waals surface area (Å²) in [6, 6.07) is 14.2. The third kappa shape index (κ3) is 5.81. The topological polar surface area (TPSA) is 128 Å². The monoisotopic (exact) mass is 519 g/mol. The Morgan fingerprint density at radius 2 is 1.66 bits per heavy atom. The molecule has 35 heavy (non-hydrogen) atoms. The molecule has 3 aromatic rings. The smallest absolute Gasteiger partial charge is 0.271 e. The lowest BCUT2D eigenvalue weighted by Gasteiger charge is -2.26. The number of carbonyl (C=O) groups excluding carboxylic acids is 1. The Kier molecular flexibility index (Phi) is 7.82. The first-order chi connectivity index (χ1) is 16.6. The molecule has 0 heterocycles. The second-order valence-electron chi connectivity index (χ2n) is 7.33. The van der Waals surface area contributed by atoms with Crippen LogP contribution in [0.15, 0.2) is 65.6 Å². The number of nitrogens with one attached hydrogen (secondary N) is 1. The molecule has 0 unspecified atom stereocenters. The number of hydrogen-bond donors (Lipinski definition) is 1. The maximum Gasteiger partial charge on any atom is 0.271 e. The van der Waals surface area contributed by atoms with Crippen molar-refractivity contribution in [2.75, 3.05) is 30.4 Å². The molecule has 0 radical (unpaired) electrons. The van der Waals surface area contributed by atoms with E-state index in [2.05, 4.69) is 5.32 Å². The van der Waals surface area contributed by atoms with Crippen molar-refractivity contribution in [2.45, 2.75) is 11.8 Å². The van der Waals surface area contributed by atoms with E-state index in [-0.39, 0.29) is 38.5 Å². The SMILES string of the molecule is COc1ccc([N+](=O)[O-])cc1NC(=O)CN(c1cc(Cl)ccc1OC)S(=O)(=O)c1ccc(C)cc1. The van der Waals surface area contributed by atoms with Crippen molar-refractivity contribution < 1.29 is 27.6 Å². The molecule has 3 aromatic carbocycles. The zero-order chi connectivity index (χ0) is 25.8. The zero-order valence-corrected chi connectivity index (χ0v) is 20.6. The Morgan fingerprint density at radius 3 is 2.26 bits per heavy atom. The van der Waals surface area contributed by atoms with Gasteiger partial charge in [-0.1, -0.05) is 29.3 Å². The molecule has 1 amide bonds. The molecule has 0 saturated carbocycles. The third-order valence-electron chi connectivity index (χ3n) is 4.97. The predicted molar refractivity (Wildman–Crippen MR) is 132 cm³/mol. The van der Waals surface area contributed by atoms with E-state index >= 15 is 0 Å². The van der Waals surface area contributed by atoms with Gasteiger partial charge in [-0.3, -0.25) is 19.2 Å². The molecule has 1 N–H and O–H groups in total. The van der Waals surface area contributed by atoms with Crippen molar-refractivity contribution in [3.8, 4) is 11.5 Å². The number of aryl methyl sites for hydroxylation is 1. The lowest BCUT2D eigenvalue weighted by atomic mass is 10.2. The quantitative estimate of drug-likeness (QED) is 0.327. The molecule has 12 heteroatoms. The average Bonchev–Trinajstić information content (AvgIpc) is 2.82. The first-order valence-corrected chi connectivity index (χ1v) is 11.9. The van der Waals surface area contributed by atoms with E-state index in [1.54, 1.807) is 12.1 Å². The van der Waals surface area contributed by atoms with Crippen LogP contribution in [0.25, 0.3) is 0 Å². The van der Waals surface area contributed by atoms with Crippen LogP contribution < -0.4 is 19.1 Å². The van der Waals surface area contributed by atoms with Gasteiger partial charge < -0.3 is 14.8 Å². The zero-order valence-electron chi connectivity index (χ0n) is 19.0. The first-order valence-electron chi connectivity index (χ1n) is 10.1. The number of nitrogens with zero attached hydrogens (tertiary/aromatic N) is 2. The molecule has 184 valence electrons. The highest BCUT2D eigenvalue weighted by molar-refractivity contribution is 7.92.